The van der Waals surface area contributed by atoms with E-state index in [-0.39, 0.29) is 10.5 Å². The number of sulfonamides is 1. The van der Waals surface area contributed by atoms with Crippen molar-refractivity contribution >= 4 is 10.0 Å². The van der Waals surface area contributed by atoms with Gasteiger partial charge in [0, 0.05) is 13.6 Å². The van der Waals surface area contributed by atoms with Crippen LogP contribution in [0, 0.1) is 12.3 Å². The third kappa shape index (κ3) is 2.38. The van der Waals surface area contributed by atoms with E-state index in [1.165, 1.54) is 10.4 Å². The first-order valence-electron chi connectivity index (χ1n) is 5.62. The Hall–Kier alpha value is -0.850. The molecule has 6 heteroatoms. The lowest BCUT2D eigenvalue weighted by Crippen LogP contribution is -2.35. The SMILES string of the molecule is Cc1ccc(S(=O)(=O)N(C)CC2(CN)CC2)o1. The zero-order valence-corrected chi connectivity index (χ0v) is 11.0. The first-order chi connectivity index (χ1) is 7.89. The minimum atomic E-state index is -3.51. The van der Waals surface area contributed by atoms with Gasteiger partial charge in [-0.15, -0.1) is 0 Å². The van der Waals surface area contributed by atoms with Crippen molar-refractivity contribution in [2.45, 2.75) is 24.9 Å². The fourth-order valence-electron chi connectivity index (χ4n) is 1.87. The molecule has 0 aliphatic heterocycles. The van der Waals surface area contributed by atoms with Crippen LogP contribution in [0.15, 0.2) is 21.6 Å². The van der Waals surface area contributed by atoms with Crippen LogP contribution < -0.4 is 5.73 Å². The molecule has 0 saturated heterocycles. The van der Waals surface area contributed by atoms with Crippen molar-refractivity contribution in [2.24, 2.45) is 11.1 Å². The Labute approximate surface area is 102 Å². The molecule has 5 nitrogen and oxygen atoms in total. The molecule has 0 atom stereocenters. The van der Waals surface area contributed by atoms with E-state index >= 15 is 0 Å². The normalized spacial score (nSPS) is 18.6. The molecule has 0 amide bonds. The summed E-state index contributed by atoms with van der Waals surface area (Å²) in [5, 5.41) is 0.00493. The fourth-order valence-corrected chi connectivity index (χ4v) is 3.09. The van der Waals surface area contributed by atoms with Gasteiger partial charge in [0.25, 0.3) is 10.0 Å². The first-order valence-corrected chi connectivity index (χ1v) is 7.06. The van der Waals surface area contributed by atoms with Crippen LogP contribution in [0.25, 0.3) is 0 Å². The smallest absolute Gasteiger partial charge is 0.276 e. The summed E-state index contributed by atoms with van der Waals surface area (Å²) in [4.78, 5) is 0. The van der Waals surface area contributed by atoms with Crippen LogP contribution >= 0.6 is 0 Å². The number of rotatable bonds is 5. The van der Waals surface area contributed by atoms with Crippen molar-refractivity contribution in [2.75, 3.05) is 20.1 Å². The average molecular weight is 258 g/mol. The summed E-state index contributed by atoms with van der Waals surface area (Å²) in [7, 11) is -1.94. The van der Waals surface area contributed by atoms with Crippen LogP contribution in [0.1, 0.15) is 18.6 Å². The molecule has 0 aromatic carbocycles. The molecule has 1 fully saturated rings. The summed E-state index contributed by atoms with van der Waals surface area (Å²) < 4.78 is 30.8. The molecule has 96 valence electrons. The second-order valence-corrected chi connectivity index (χ2v) is 6.81. The minimum Gasteiger partial charge on any atom is -0.449 e. The molecular formula is C11H18N2O3S. The minimum absolute atomic E-state index is 0.00493. The van der Waals surface area contributed by atoms with Crippen molar-refractivity contribution in [3.63, 3.8) is 0 Å². The summed E-state index contributed by atoms with van der Waals surface area (Å²) in [6.07, 6.45) is 2.00. The number of aryl methyl sites for hydroxylation is 1. The number of nitrogens with two attached hydrogens (primary N) is 1. The number of furan rings is 1. The molecule has 1 heterocycles. The van der Waals surface area contributed by atoms with E-state index in [4.69, 9.17) is 10.2 Å². The van der Waals surface area contributed by atoms with Gasteiger partial charge in [0.15, 0.2) is 0 Å². The third-order valence-corrected chi connectivity index (χ3v) is 5.01. The van der Waals surface area contributed by atoms with E-state index in [0.29, 0.717) is 18.8 Å². The van der Waals surface area contributed by atoms with Gasteiger partial charge in [0.2, 0.25) is 5.09 Å². The van der Waals surface area contributed by atoms with Crippen molar-refractivity contribution in [3.8, 4) is 0 Å². The quantitative estimate of drug-likeness (QED) is 0.853. The molecule has 0 radical (unpaired) electrons. The monoisotopic (exact) mass is 258 g/mol. The maximum Gasteiger partial charge on any atom is 0.276 e. The zero-order chi connectivity index (χ0) is 12.7. The van der Waals surface area contributed by atoms with Crippen molar-refractivity contribution < 1.29 is 12.8 Å². The predicted molar refractivity (Wildman–Crippen MR) is 64.0 cm³/mol. The molecule has 1 aliphatic rings. The molecule has 2 N–H and O–H groups in total. The summed E-state index contributed by atoms with van der Waals surface area (Å²) in [5.41, 5.74) is 5.65. The van der Waals surface area contributed by atoms with Crippen LogP contribution in [0.5, 0.6) is 0 Å². The van der Waals surface area contributed by atoms with Gasteiger partial charge in [0.1, 0.15) is 5.76 Å². The van der Waals surface area contributed by atoms with E-state index < -0.39 is 10.0 Å². The summed E-state index contributed by atoms with van der Waals surface area (Å²) >= 11 is 0. The second-order valence-electron chi connectivity index (χ2n) is 4.83. The highest BCUT2D eigenvalue weighted by atomic mass is 32.2. The summed E-state index contributed by atoms with van der Waals surface area (Å²) in [6, 6.07) is 3.14. The first kappa shape index (κ1) is 12.6. The van der Waals surface area contributed by atoms with Gasteiger partial charge < -0.3 is 10.2 Å². The van der Waals surface area contributed by atoms with Crippen LogP contribution in [-0.2, 0) is 10.0 Å². The van der Waals surface area contributed by atoms with Gasteiger partial charge in [-0.2, -0.15) is 4.31 Å². The highest BCUT2D eigenvalue weighted by Crippen LogP contribution is 2.45. The maximum atomic E-state index is 12.2. The van der Waals surface area contributed by atoms with Gasteiger partial charge in [0.05, 0.1) is 0 Å². The Balaban J connectivity index is 2.16. The molecule has 1 aliphatic carbocycles. The van der Waals surface area contributed by atoms with Crippen molar-refractivity contribution in [3.05, 3.63) is 17.9 Å². The molecule has 17 heavy (non-hydrogen) atoms. The zero-order valence-electron chi connectivity index (χ0n) is 10.1. The Morgan fingerprint density at radius 2 is 2.12 bits per heavy atom. The standard InChI is InChI=1S/C11H18N2O3S/c1-9-3-4-10(16-9)17(14,15)13(2)8-11(7-12)5-6-11/h3-4H,5-8,12H2,1-2H3. The predicted octanol–water partition coefficient (Wildman–Crippen LogP) is 0.947. The van der Waals surface area contributed by atoms with Gasteiger partial charge in [-0.3, -0.25) is 0 Å². The Morgan fingerprint density at radius 3 is 2.53 bits per heavy atom. The summed E-state index contributed by atoms with van der Waals surface area (Å²) in [6.45, 7) is 2.72. The third-order valence-electron chi connectivity index (χ3n) is 3.33. The Kier molecular flexibility index (Phi) is 3.05. The van der Waals surface area contributed by atoms with E-state index in [1.54, 1.807) is 20.0 Å². The lowest BCUT2D eigenvalue weighted by molar-refractivity contribution is 0.352. The van der Waals surface area contributed by atoms with Gasteiger partial charge in [-0.1, -0.05) is 0 Å². The van der Waals surface area contributed by atoms with E-state index in [1.807, 2.05) is 0 Å². The fraction of sp³-hybridized carbons (Fsp3) is 0.636. The largest absolute Gasteiger partial charge is 0.449 e. The van der Waals surface area contributed by atoms with Crippen molar-refractivity contribution in [1.82, 2.24) is 4.31 Å². The van der Waals surface area contributed by atoms with Gasteiger partial charge in [-0.05, 0) is 43.9 Å². The highest BCUT2D eigenvalue weighted by Gasteiger charge is 2.44. The number of nitrogens with zero attached hydrogens (tertiary/aromatic N) is 1. The van der Waals surface area contributed by atoms with E-state index in [0.717, 1.165) is 12.8 Å². The van der Waals surface area contributed by atoms with Crippen LogP contribution in [0.3, 0.4) is 0 Å². The average Bonchev–Trinajstić information content (AvgIpc) is 2.91. The molecule has 0 spiro atoms. The Morgan fingerprint density at radius 1 is 1.47 bits per heavy atom. The number of hydrogen-bond donors (Lipinski definition) is 1. The van der Waals surface area contributed by atoms with Gasteiger partial charge in [-0.25, -0.2) is 8.42 Å². The Bertz CT molecular complexity index is 503. The van der Waals surface area contributed by atoms with Crippen molar-refractivity contribution in [1.29, 1.82) is 0 Å². The lowest BCUT2D eigenvalue weighted by atomic mass is 10.1. The summed E-state index contributed by atoms with van der Waals surface area (Å²) in [5.74, 6) is 0.594. The maximum absolute atomic E-state index is 12.2. The highest BCUT2D eigenvalue weighted by molar-refractivity contribution is 7.89. The molecule has 2 rings (SSSR count). The molecule has 1 saturated carbocycles. The molecule has 1 aromatic rings. The second kappa shape index (κ2) is 4.12. The van der Waals surface area contributed by atoms with Crippen LogP contribution in [0.2, 0.25) is 0 Å². The molecule has 0 bridgehead atoms. The van der Waals surface area contributed by atoms with Crippen LogP contribution in [0.4, 0.5) is 0 Å². The number of hydrogen-bond acceptors (Lipinski definition) is 4. The van der Waals surface area contributed by atoms with E-state index in [2.05, 4.69) is 0 Å². The molecule has 0 unspecified atom stereocenters. The molecular weight excluding hydrogens is 240 g/mol. The van der Waals surface area contributed by atoms with Crippen LogP contribution in [-0.4, -0.2) is 32.9 Å². The topological polar surface area (TPSA) is 76.5 Å². The van der Waals surface area contributed by atoms with E-state index in [9.17, 15) is 8.42 Å². The lowest BCUT2D eigenvalue weighted by Gasteiger charge is -2.21. The van der Waals surface area contributed by atoms with Gasteiger partial charge >= 0.3 is 0 Å². The molecule has 1 aromatic heterocycles.